The maximum atomic E-state index is 3.98. The highest BCUT2D eigenvalue weighted by Crippen LogP contribution is 2.07. The van der Waals surface area contributed by atoms with Gasteiger partial charge in [-0.25, -0.2) is 9.97 Å². The number of hydrogen-bond acceptors (Lipinski definition) is 4. The summed E-state index contributed by atoms with van der Waals surface area (Å²) in [4.78, 5) is 7.78. The van der Waals surface area contributed by atoms with Crippen LogP contribution in [0.4, 0.5) is 11.6 Å². The van der Waals surface area contributed by atoms with Gasteiger partial charge < -0.3 is 5.32 Å². The lowest BCUT2D eigenvalue weighted by Crippen LogP contribution is -1.93. The Hall–Kier alpha value is -1.91. The minimum Gasteiger partial charge on any atom is -0.325 e. The zero-order valence-electron chi connectivity index (χ0n) is 6.23. The van der Waals surface area contributed by atoms with Crippen LogP contribution in [-0.2, 0) is 0 Å². The molecule has 60 valence electrons. The first-order chi connectivity index (χ1) is 5.95. The number of aromatic nitrogens is 4. The lowest BCUT2D eigenvalue weighted by Gasteiger charge is -1.99. The smallest absolute Gasteiger partial charge is 0.134 e. The molecule has 0 saturated carbocycles. The Morgan fingerprint density at radius 3 is 2.92 bits per heavy atom. The number of nitrogens with zero attached hydrogens (tertiary/aromatic N) is 3. The molecule has 0 radical (unpaired) electrons. The van der Waals surface area contributed by atoms with Crippen molar-refractivity contribution in [2.45, 2.75) is 0 Å². The largest absolute Gasteiger partial charge is 0.325 e. The molecule has 5 heteroatoms. The molecule has 0 amide bonds. The van der Waals surface area contributed by atoms with Crippen molar-refractivity contribution >= 4 is 11.6 Å². The first kappa shape index (κ1) is 6.78. The third-order valence-corrected chi connectivity index (χ3v) is 1.35. The summed E-state index contributed by atoms with van der Waals surface area (Å²) < 4.78 is 0. The van der Waals surface area contributed by atoms with Crippen molar-refractivity contribution in [1.29, 1.82) is 0 Å². The molecule has 2 aromatic heterocycles. The molecule has 0 unspecified atom stereocenters. The predicted molar refractivity (Wildman–Crippen MR) is 43.9 cm³/mol. The first-order valence-electron chi connectivity index (χ1n) is 3.47. The molecule has 2 heterocycles. The van der Waals surface area contributed by atoms with E-state index in [4.69, 9.17) is 0 Å². The molecule has 2 rings (SSSR count). The van der Waals surface area contributed by atoms with Gasteiger partial charge in [-0.3, -0.25) is 5.10 Å². The van der Waals surface area contributed by atoms with Crippen molar-refractivity contribution in [3.05, 3.63) is 30.9 Å². The van der Waals surface area contributed by atoms with Crippen LogP contribution in [0, 0.1) is 0 Å². The molecule has 12 heavy (non-hydrogen) atoms. The topological polar surface area (TPSA) is 66.5 Å². The van der Waals surface area contributed by atoms with E-state index in [-0.39, 0.29) is 0 Å². The van der Waals surface area contributed by atoms with E-state index in [0.29, 0.717) is 0 Å². The molecule has 0 aliphatic heterocycles. The van der Waals surface area contributed by atoms with Crippen molar-refractivity contribution < 1.29 is 0 Å². The summed E-state index contributed by atoms with van der Waals surface area (Å²) in [6.07, 6.45) is 4.83. The van der Waals surface area contributed by atoms with Crippen LogP contribution < -0.4 is 5.32 Å². The van der Waals surface area contributed by atoms with E-state index in [2.05, 4.69) is 25.5 Å². The van der Waals surface area contributed by atoms with Crippen molar-refractivity contribution in [2.75, 3.05) is 5.32 Å². The maximum Gasteiger partial charge on any atom is 0.134 e. The van der Waals surface area contributed by atoms with Gasteiger partial charge in [-0.05, 0) is 6.07 Å². The van der Waals surface area contributed by atoms with Crippen LogP contribution in [0.25, 0.3) is 0 Å². The Labute approximate surface area is 68.9 Å². The van der Waals surface area contributed by atoms with Gasteiger partial charge >= 0.3 is 0 Å². The predicted octanol–water partition coefficient (Wildman–Crippen LogP) is 0.943. The normalized spacial score (nSPS) is 9.67. The number of aromatic amines is 1. The van der Waals surface area contributed by atoms with Crippen molar-refractivity contribution in [3.8, 4) is 0 Å². The SMILES string of the molecule is c1cc(Nc2ccn[nH]2)ncn1. The molecule has 2 aromatic rings. The third-order valence-electron chi connectivity index (χ3n) is 1.35. The highest BCUT2D eigenvalue weighted by molar-refractivity contribution is 5.49. The number of rotatable bonds is 2. The molecular formula is C7H7N5. The summed E-state index contributed by atoms with van der Waals surface area (Å²) in [6, 6.07) is 3.60. The molecule has 0 atom stereocenters. The fourth-order valence-electron chi connectivity index (χ4n) is 0.828. The number of nitrogens with one attached hydrogen (secondary N) is 2. The maximum absolute atomic E-state index is 3.98. The zero-order valence-corrected chi connectivity index (χ0v) is 6.23. The van der Waals surface area contributed by atoms with Crippen LogP contribution in [0.3, 0.4) is 0 Å². The summed E-state index contributed by atoms with van der Waals surface area (Å²) in [5.74, 6) is 1.56. The Kier molecular flexibility index (Phi) is 1.69. The van der Waals surface area contributed by atoms with E-state index in [1.165, 1.54) is 6.33 Å². The highest BCUT2D eigenvalue weighted by Gasteiger charge is 1.93. The molecular weight excluding hydrogens is 154 g/mol. The Morgan fingerprint density at radius 2 is 2.25 bits per heavy atom. The van der Waals surface area contributed by atoms with Crippen molar-refractivity contribution in [3.63, 3.8) is 0 Å². The molecule has 0 fully saturated rings. The van der Waals surface area contributed by atoms with Gasteiger partial charge in [0.2, 0.25) is 0 Å². The standard InChI is InChI=1S/C7H7N5/c1-3-8-5-9-6(1)11-7-2-4-10-12-7/h1-5H,(H2,8,9,10,11,12). The quantitative estimate of drug-likeness (QED) is 0.688. The number of anilines is 2. The van der Waals surface area contributed by atoms with E-state index in [1.54, 1.807) is 18.5 Å². The fraction of sp³-hybridized carbons (Fsp3) is 0. The van der Waals surface area contributed by atoms with Crippen LogP contribution in [0.1, 0.15) is 0 Å². The second-order valence-electron chi connectivity index (χ2n) is 2.19. The highest BCUT2D eigenvalue weighted by atomic mass is 15.2. The van der Waals surface area contributed by atoms with Crippen LogP contribution >= 0.6 is 0 Å². The summed E-state index contributed by atoms with van der Waals surface area (Å²) in [6.45, 7) is 0. The summed E-state index contributed by atoms with van der Waals surface area (Å²) in [7, 11) is 0. The Balaban J connectivity index is 2.15. The van der Waals surface area contributed by atoms with Gasteiger partial charge in [0.15, 0.2) is 0 Å². The zero-order chi connectivity index (χ0) is 8.23. The van der Waals surface area contributed by atoms with Crippen molar-refractivity contribution in [1.82, 2.24) is 20.2 Å². The molecule has 0 saturated heterocycles. The van der Waals surface area contributed by atoms with Gasteiger partial charge in [0.1, 0.15) is 18.0 Å². The summed E-state index contributed by atoms with van der Waals surface area (Å²) in [5.41, 5.74) is 0. The van der Waals surface area contributed by atoms with Gasteiger partial charge in [-0.15, -0.1) is 0 Å². The van der Waals surface area contributed by atoms with Gasteiger partial charge in [0.05, 0.1) is 6.20 Å². The second-order valence-corrected chi connectivity index (χ2v) is 2.19. The van der Waals surface area contributed by atoms with Crippen LogP contribution in [0.5, 0.6) is 0 Å². The first-order valence-corrected chi connectivity index (χ1v) is 3.47. The van der Waals surface area contributed by atoms with Gasteiger partial charge in [-0.1, -0.05) is 0 Å². The van der Waals surface area contributed by atoms with E-state index >= 15 is 0 Å². The monoisotopic (exact) mass is 161 g/mol. The van der Waals surface area contributed by atoms with Crippen LogP contribution in [0.2, 0.25) is 0 Å². The molecule has 0 aromatic carbocycles. The third kappa shape index (κ3) is 1.39. The number of hydrogen-bond donors (Lipinski definition) is 2. The van der Waals surface area contributed by atoms with Crippen molar-refractivity contribution in [2.24, 2.45) is 0 Å². The average Bonchev–Trinajstić information content (AvgIpc) is 2.59. The summed E-state index contributed by atoms with van der Waals surface area (Å²) in [5, 5.41) is 9.57. The second kappa shape index (κ2) is 3.00. The average molecular weight is 161 g/mol. The number of H-pyrrole nitrogens is 1. The van der Waals surface area contributed by atoms with Crippen LogP contribution in [0.15, 0.2) is 30.9 Å². The van der Waals surface area contributed by atoms with E-state index in [0.717, 1.165) is 11.6 Å². The Morgan fingerprint density at radius 1 is 1.25 bits per heavy atom. The molecule has 0 spiro atoms. The van der Waals surface area contributed by atoms with E-state index in [9.17, 15) is 0 Å². The lowest BCUT2D eigenvalue weighted by atomic mass is 10.5. The lowest BCUT2D eigenvalue weighted by molar-refractivity contribution is 1.08. The van der Waals surface area contributed by atoms with E-state index < -0.39 is 0 Å². The molecule has 0 aliphatic carbocycles. The van der Waals surface area contributed by atoms with Gasteiger partial charge in [0.25, 0.3) is 0 Å². The molecule has 0 bridgehead atoms. The summed E-state index contributed by atoms with van der Waals surface area (Å²) >= 11 is 0. The fourth-order valence-corrected chi connectivity index (χ4v) is 0.828. The van der Waals surface area contributed by atoms with Gasteiger partial charge in [0, 0.05) is 12.3 Å². The molecule has 2 N–H and O–H groups in total. The van der Waals surface area contributed by atoms with Crippen LogP contribution in [-0.4, -0.2) is 20.2 Å². The molecule has 0 aliphatic rings. The van der Waals surface area contributed by atoms with Gasteiger partial charge in [-0.2, -0.15) is 5.10 Å². The minimum atomic E-state index is 0.745. The molecule has 5 nitrogen and oxygen atoms in total. The Bertz CT molecular complexity index is 328. The minimum absolute atomic E-state index is 0.745. The van der Waals surface area contributed by atoms with E-state index in [1.807, 2.05) is 6.07 Å².